The summed E-state index contributed by atoms with van der Waals surface area (Å²) in [5.41, 5.74) is 0. The molecule has 2 N–H and O–H groups in total. The first-order valence-electron chi connectivity index (χ1n) is 6.03. The first kappa shape index (κ1) is 14.8. The van der Waals surface area contributed by atoms with Crippen molar-refractivity contribution in [1.29, 1.82) is 0 Å². The minimum atomic E-state index is 0.153. The van der Waals surface area contributed by atoms with Crippen molar-refractivity contribution in [2.75, 3.05) is 46.6 Å². The standard InChI is InChI=1S/C13H21NO4/c1-16-12-2-4-13(5-3-12)18-11-10-17-9-7-14-6-8-15/h2-5,14-15H,6-11H2,1H3. The molecule has 5 heteroatoms. The van der Waals surface area contributed by atoms with Crippen LogP contribution in [0.2, 0.25) is 0 Å². The van der Waals surface area contributed by atoms with E-state index in [9.17, 15) is 0 Å². The molecule has 0 saturated carbocycles. The maximum absolute atomic E-state index is 8.54. The second kappa shape index (κ2) is 9.70. The zero-order valence-corrected chi connectivity index (χ0v) is 10.7. The number of hydrogen-bond donors (Lipinski definition) is 2. The van der Waals surface area contributed by atoms with Gasteiger partial charge < -0.3 is 24.6 Å². The first-order chi connectivity index (χ1) is 8.86. The van der Waals surface area contributed by atoms with Crippen molar-refractivity contribution in [3.63, 3.8) is 0 Å². The van der Waals surface area contributed by atoms with Crippen LogP contribution >= 0.6 is 0 Å². The number of ether oxygens (including phenoxy) is 3. The number of methoxy groups -OCH3 is 1. The molecule has 1 rings (SSSR count). The molecule has 0 aliphatic rings. The lowest BCUT2D eigenvalue weighted by atomic mass is 10.3. The summed E-state index contributed by atoms with van der Waals surface area (Å²) in [4.78, 5) is 0. The molecule has 1 aromatic carbocycles. The summed E-state index contributed by atoms with van der Waals surface area (Å²) in [5, 5.41) is 11.6. The van der Waals surface area contributed by atoms with Crippen molar-refractivity contribution in [3.05, 3.63) is 24.3 Å². The fourth-order valence-electron chi connectivity index (χ4n) is 1.34. The normalized spacial score (nSPS) is 10.3. The summed E-state index contributed by atoms with van der Waals surface area (Å²) in [6.07, 6.45) is 0. The monoisotopic (exact) mass is 255 g/mol. The number of rotatable bonds is 10. The molecule has 0 aromatic heterocycles. The molecule has 0 amide bonds. The van der Waals surface area contributed by atoms with Crippen molar-refractivity contribution in [2.24, 2.45) is 0 Å². The quantitative estimate of drug-likeness (QED) is 0.602. The molecule has 1 aromatic rings. The average molecular weight is 255 g/mol. The second-order valence-corrected chi connectivity index (χ2v) is 3.61. The SMILES string of the molecule is COc1ccc(OCCOCCNCCO)cc1. The van der Waals surface area contributed by atoms with Gasteiger partial charge in [-0.2, -0.15) is 0 Å². The van der Waals surface area contributed by atoms with Crippen LogP contribution in [0, 0.1) is 0 Å². The highest BCUT2D eigenvalue weighted by Gasteiger charge is 1.95. The number of aliphatic hydroxyl groups is 1. The van der Waals surface area contributed by atoms with Crippen LogP contribution in [-0.4, -0.2) is 51.7 Å². The van der Waals surface area contributed by atoms with E-state index in [0.717, 1.165) is 18.0 Å². The molecule has 0 heterocycles. The molecule has 0 aliphatic carbocycles. The molecule has 18 heavy (non-hydrogen) atoms. The van der Waals surface area contributed by atoms with Crippen LogP contribution in [0.25, 0.3) is 0 Å². The van der Waals surface area contributed by atoms with Crippen molar-refractivity contribution in [1.82, 2.24) is 5.32 Å². The first-order valence-corrected chi connectivity index (χ1v) is 6.03. The van der Waals surface area contributed by atoms with Crippen LogP contribution in [0.3, 0.4) is 0 Å². The topological polar surface area (TPSA) is 60.0 Å². The number of aliphatic hydroxyl groups excluding tert-OH is 1. The zero-order chi connectivity index (χ0) is 13.1. The predicted molar refractivity (Wildman–Crippen MR) is 69.3 cm³/mol. The molecular formula is C13H21NO4. The number of hydrogen-bond acceptors (Lipinski definition) is 5. The van der Waals surface area contributed by atoms with Crippen LogP contribution < -0.4 is 14.8 Å². The van der Waals surface area contributed by atoms with Crippen molar-refractivity contribution >= 4 is 0 Å². The lowest BCUT2D eigenvalue weighted by Crippen LogP contribution is -2.23. The largest absolute Gasteiger partial charge is 0.497 e. The minimum absolute atomic E-state index is 0.153. The predicted octanol–water partition coefficient (Wildman–Crippen LogP) is 0.672. The van der Waals surface area contributed by atoms with Gasteiger partial charge in [-0.25, -0.2) is 0 Å². The molecule has 0 fully saturated rings. The minimum Gasteiger partial charge on any atom is -0.497 e. The van der Waals surface area contributed by atoms with E-state index in [4.69, 9.17) is 19.3 Å². The molecule has 0 aliphatic heterocycles. The van der Waals surface area contributed by atoms with Crippen molar-refractivity contribution in [2.45, 2.75) is 0 Å². The van der Waals surface area contributed by atoms with Gasteiger partial charge in [-0.3, -0.25) is 0 Å². The average Bonchev–Trinajstić information content (AvgIpc) is 2.42. The highest BCUT2D eigenvalue weighted by atomic mass is 16.5. The Morgan fingerprint density at radius 1 is 1.00 bits per heavy atom. The molecule has 0 radical (unpaired) electrons. The third kappa shape index (κ3) is 6.44. The molecule has 102 valence electrons. The number of nitrogens with one attached hydrogen (secondary N) is 1. The van der Waals surface area contributed by atoms with E-state index >= 15 is 0 Å². The molecular weight excluding hydrogens is 234 g/mol. The van der Waals surface area contributed by atoms with Gasteiger partial charge in [0.2, 0.25) is 0 Å². The third-order valence-corrected chi connectivity index (χ3v) is 2.27. The van der Waals surface area contributed by atoms with Crippen molar-refractivity contribution in [3.8, 4) is 11.5 Å². The maximum atomic E-state index is 8.54. The van der Waals surface area contributed by atoms with E-state index in [1.54, 1.807) is 7.11 Å². The Morgan fingerprint density at radius 3 is 2.39 bits per heavy atom. The second-order valence-electron chi connectivity index (χ2n) is 3.61. The van der Waals surface area contributed by atoms with E-state index in [0.29, 0.717) is 26.4 Å². The Bertz CT molecular complexity index is 302. The molecule has 0 unspecified atom stereocenters. The van der Waals surface area contributed by atoms with Gasteiger partial charge in [0.05, 0.1) is 26.9 Å². The van der Waals surface area contributed by atoms with E-state index in [1.807, 2.05) is 24.3 Å². The lowest BCUT2D eigenvalue weighted by Gasteiger charge is -2.08. The van der Waals surface area contributed by atoms with Gasteiger partial charge in [0.25, 0.3) is 0 Å². The highest BCUT2D eigenvalue weighted by molar-refractivity contribution is 5.31. The Morgan fingerprint density at radius 2 is 1.72 bits per heavy atom. The van der Waals surface area contributed by atoms with E-state index in [2.05, 4.69) is 5.32 Å². The van der Waals surface area contributed by atoms with Crippen LogP contribution in [0.15, 0.2) is 24.3 Å². The Kier molecular flexibility index (Phi) is 7.96. The van der Waals surface area contributed by atoms with Gasteiger partial charge in [0, 0.05) is 13.1 Å². The van der Waals surface area contributed by atoms with Gasteiger partial charge in [-0.15, -0.1) is 0 Å². The Labute approximate surface area is 108 Å². The molecule has 5 nitrogen and oxygen atoms in total. The fraction of sp³-hybridized carbons (Fsp3) is 0.538. The Hall–Kier alpha value is -1.30. The zero-order valence-electron chi connectivity index (χ0n) is 10.7. The van der Waals surface area contributed by atoms with Gasteiger partial charge >= 0.3 is 0 Å². The van der Waals surface area contributed by atoms with Crippen LogP contribution in [0.4, 0.5) is 0 Å². The molecule has 0 saturated heterocycles. The van der Waals surface area contributed by atoms with E-state index in [-0.39, 0.29) is 6.61 Å². The van der Waals surface area contributed by atoms with Crippen molar-refractivity contribution < 1.29 is 19.3 Å². The van der Waals surface area contributed by atoms with Crippen LogP contribution in [0.5, 0.6) is 11.5 Å². The van der Waals surface area contributed by atoms with Gasteiger partial charge in [-0.1, -0.05) is 0 Å². The van der Waals surface area contributed by atoms with Gasteiger partial charge in [0.15, 0.2) is 0 Å². The maximum Gasteiger partial charge on any atom is 0.119 e. The smallest absolute Gasteiger partial charge is 0.119 e. The summed E-state index contributed by atoms with van der Waals surface area (Å²) < 4.78 is 15.9. The molecule has 0 spiro atoms. The summed E-state index contributed by atoms with van der Waals surface area (Å²) >= 11 is 0. The summed E-state index contributed by atoms with van der Waals surface area (Å²) in [5.74, 6) is 1.62. The summed E-state index contributed by atoms with van der Waals surface area (Å²) in [6.45, 7) is 3.18. The fourth-order valence-corrected chi connectivity index (χ4v) is 1.34. The number of benzene rings is 1. The van der Waals surface area contributed by atoms with E-state index < -0.39 is 0 Å². The Balaban J connectivity index is 2.00. The van der Waals surface area contributed by atoms with Gasteiger partial charge in [0.1, 0.15) is 18.1 Å². The third-order valence-electron chi connectivity index (χ3n) is 2.27. The summed E-state index contributed by atoms with van der Waals surface area (Å²) in [7, 11) is 1.63. The summed E-state index contributed by atoms with van der Waals surface area (Å²) in [6, 6.07) is 7.44. The molecule has 0 atom stereocenters. The lowest BCUT2D eigenvalue weighted by molar-refractivity contribution is 0.101. The van der Waals surface area contributed by atoms with Crippen LogP contribution in [-0.2, 0) is 4.74 Å². The molecule has 0 bridgehead atoms. The van der Waals surface area contributed by atoms with Crippen LogP contribution in [0.1, 0.15) is 0 Å². The van der Waals surface area contributed by atoms with E-state index in [1.165, 1.54) is 0 Å². The highest BCUT2D eigenvalue weighted by Crippen LogP contribution is 2.16. The van der Waals surface area contributed by atoms with Gasteiger partial charge in [-0.05, 0) is 24.3 Å².